The monoisotopic (exact) mass is 717 g/mol. The number of phenols is 1. The molecule has 0 bridgehead atoms. The van der Waals surface area contributed by atoms with E-state index in [4.69, 9.17) is 24.4 Å². The maximum Gasteiger partial charge on any atom is 0.320 e. The first-order valence-electron chi connectivity index (χ1n) is 20.9. The Morgan fingerprint density at radius 2 is 0.962 bits per heavy atom. The molecule has 284 valence electrons. The highest BCUT2D eigenvalue weighted by atomic mass is 16.5. The van der Waals surface area contributed by atoms with E-state index in [2.05, 4.69) is 62.4 Å². The van der Waals surface area contributed by atoms with Crippen molar-refractivity contribution in [3.8, 4) is 40.3 Å². The molecule has 0 aliphatic carbocycles. The molecular formula is C47H63N3O3. The SMILES string of the molecule is CCCCCCCCCCCCOc1ccc(-c2nc(OCCCCCCCCCCCC)nc(-c3ccc4cc5ccccc5cc4c3)n2)c(O)c1. The van der Waals surface area contributed by atoms with Crippen LogP contribution in [0, 0.1) is 0 Å². The molecule has 0 aliphatic rings. The molecule has 53 heavy (non-hydrogen) atoms. The minimum Gasteiger partial charge on any atom is -0.507 e. The van der Waals surface area contributed by atoms with Crippen molar-refractivity contribution >= 4 is 21.5 Å². The Hall–Kier alpha value is -4.19. The molecule has 0 saturated carbocycles. The van der Waals surface area contributed by atoms with Gasteiger partial charge < -0.3 is 14.6 Å². The van der Waals surface area contributed by atoms with Gasteiger partial charge in [-0.1, -0.05) is 166 Å². The summed E-state index contributed by atoms with van der Waals surface area (Å²) in [6, 6.07) is 24.8. The fraction of sp³-hybridized carbons (Fsp3) is 0.511. The van der Waals surface area contributed by atoms with Crippen molar-refractivity contribution in [3.63, 3.8) is 0 Å². The number of aromatic nitrogens is 3. The third kappa shape index (κ3) is 13.3. The highest BCUT2D eigenvalue weighted by Gasteiger charge is 2.16. The number of benzene rings is 4. The summed E-state index contributed by atoms with van der Waals surface area (Å²) in [6.07, 6.45) is 25.5. The van der Waals surface area contributed by atoms with E-state index in [-0.39, 0.29) is 11.8 Å². The molecule has 0 fully saturated rings. The van der Waals surface area contributed by atoms with Crippen LogP contribution >= 0.6 is 0 Å². The predicted molar refractivity (Wildman–Crippen MR) is 222 cm³/mol. The highest BCUT2D eigenvalue weighted by Crippen LogP contribution is 2.33. The van der Waals surface area contributed by atoms with E-state index in [0.29, 0.717) is 36.2 Å². The number of unbranched alkanes of at least 4 members (excludes halogenated alkanes) is 18. The Kier molecular flexibility index (Phi) is 17.2. The number of phenolic OH excluding ortho intramolecular Hbond substituents is 1. The van der Waals surface area contributed by atoms with Crippen LogP contribution < -0.4 is 9.47 Å². The second-order valence-electron chi connectivity index (χ2n) is 14.8. The number of hydrogen-bond donors (Lipinski definition) is 1. The molecule has 1 aromatic heterocycles. The van der Waals surface area contributed by atoms with Gasteiger partial charge in [0.15, 0.2) is 11.6 Å². The molecule has 5 rings (SSSR count). The van der Waals surface area contributed by atoms with E-state index in [1.165, 1.54) is 120 Å². The van der Waals surface area contributed by atoms with Gasteiger partial charge in [0, 0.05) is 11.6 Å². The lowest BCUT2D eigenvalue weighted by Crippen LogP contribution is -2.05. The highest BCUT2D eigenvalue weighted by molar-refractivity contribution is 5.99. The lowest BCUT2D eigenvalue weighted by Gasteiger charge is -2.12. The average Bonchev–Trinajstić information content (AvgIpc) is 3.18. The largest absolute Gasteiger partial charge is 0.507 e. The fourth-order valence-electron chi connectivity index (χ4n) is 7.07. The first-order chi connectivity index (χ1) is 26.1. The summed E-state index contributed by atoms with van der Waals surface area (Å²) in [7, 11) is 0. The van der Waals surface area contributed by atoms with E-state index in [1.807, 2.05) is 18.2 Å². The maximum atomic E-state index is 11.2. The second kappa shape index (κ2) is 22.8. The Balaban J connectivity index is 1.21. The van der Waals surface area contributed by atoms with Gasteiger partial charge in [-0.25, -0.2) is 4.98 Å². The van der Waals surface area contributed by atoms with Gasteiger partial charge in [0.2, 0.25) is 0 Å². The summed E-state index contributed by atoms with van der Waals surface area (Å²) in [5.41, 5.74) is 1.40. The summed E-state index contributed by atoms with van der Waals surface area (Å²) in [5.74, 6) is 1.62. The van der Waals surface area contributed by atoms with Crippen molar-refractivity contribution in [2.75, 3.05) is 13.2 Å². The van der Waals surface area contributed by atoms with Crippen LogP contribution in [-0.4, -0.2) is 33.3 Å². The summed E-state index contributed by atoms with van der Waals surface area (Å²) in [6.45, 7) is 5.71. The van der Waals surface area contributed by atoms with Crippen LogP contribution in [0.1, 0.15) is 142 Å². The zero-order chi connectivity index (χ0) is 36.9. The second-order valence-corrected chi connectivity index (χ2v) is 14.8. The molecule has 0 atom stereocenters. The first-order valence-corrected chi connectivity index (χ1v) is 20.9. The van der Waals surface area contributed by atoms with Crippen molar-refractivity contribution < 1.29 is 14.6 Å². The summed E-state index contributed by atoms with van der Waals surface area (Å²) >= 11 is 0. The van der Waals surface area contributed by atoms with Crippen molar-refractivity contribution in [1.82, 2.24) is 15.0 Å². The van der Waals surface area contributed by atoms with Crippen molar-refractivity contribution in [3.05, 3.63) is 72.8 Å². The van der Waals surface area contributed by atoms with Gasteiger partial charge >= 0.3 is 6.01 Å². The van der Waals surface area contributed by atoms with Crippen LogP contribution in [0.15, 0.2) is 72.8 Å². The molecule has 0 radical (unpaired) electrons. The molecular weight excluding hydrogens is 655 g/mol. The lowest BCUT2D eigenvalue weighted by atomic mass is 10.0. The normalized spacial score (nSPS) is 11.4. The first kappa shape index (κ1) is 40.0. The minimum atomic E-state index is 0.0772. The van der Waals surface area contributed by atoms with Crippen molar-refractivity contribution in [2.24, 2.45) is 0 Å². The average molecular weight is 718 g/mol. The molecule has 0 saturated heterocycles. The quantitative estimate of drug-likeness (QED) is 0.0453. The zero-order valence-electron chi connectivity index (χ0n) is 32.6. The van der Waals surface area contributed by atoms with Crippen molar-refractivity contribution in [1.29, 1.82) is 0 Å². The minimum absolute atomic E-state index is 0.0772. The van der Waals surface area contributed by atoms with Crippen molar-refractivity contribution in [2.45, 2.75) is 142 Å². The van der Waals surface area contributed by atoms with Gasteiger partial charge in [-0.15, -0.1) is 0 Å². The Labute approximate surface area is 318 Å². The lowest BCUT2D eigenvalue weighted by molar-refractivity contribution is 0.281. The molecule has 0 unspecified atom stereocenters. The van der Waals surface area contributed by atoms with E-state index < -0.39 is 0 Å². The van der Waals surface area contributed by atoms with Crippen LogP contribution in [0.4, 0.5) is 0 Å². The number of fused-ring (bicyclic) bond motifs is 2. The van der Waals surface area contributed by atoms with Gasteiger partial charge in [0.05, 0.1) is 18.8 Å². The topological polar surface area (TPSA) is 77.4 Å². The Morgan fingerprint density at radius 3 is 1.55 bits per heavy atom. The van der Waals surface area contributed by atoms with E-state index >= 15 is 0 Å². The van der Waals surface area contributed by atoms with Crippen LogP contribution in [0.2, 0.25) is 0 Å². The van der Waals surface area contributed by atoms with Crippen LogP contribution in [0.3, 0.4) is 0 Å². The van der Waals surface area contributed by atoms with Gasteiger partial charge in [0.1, 0.15) is 11.5 Å². The number of rotatable bonds is 26. The molecule has 0 spiro atoms. The molecule has 6 heteroatoms. The molecule has 4 aromatic carbocycles. The summed E-state index contributed by atoms with van der Waals surface area (Å²) in [4.78, 5) is 14.3. The Bertz CT molecular complexity index is 1810. The van der Waals surface area contributed by atoms with Gasteiger partial charge in [-0.05, 0) is 64.7 Å². The number of hydrogen-bond acceptors (Lipinski definition) is 6. The Morgan fingerprint density at radius 1 is 0.453 bits per heavy atom. The van der Waals surface area contributed by atoms with Gasteiger partial charge in [0.25, 0.3) is 0 Å². The smallest absolute Gasteiger partial charge is 0.320 e. The fourth-order valence-corrected chi connectivity index (χ4v) is 7.07. The zero-order valence-corrected chi connectivity index (χ0v) is 32.6. The van der Waals surface area contributed by atoms with E-state index in [9.17, 15) is 5.11 Å². The third-order valence-corrected chi connectivity index (χ3v) is 10.3. The van der Waals surface area contributed by atoms with E-state index in [0.717, 1.165) is 35.6 Å². The molecule has 5 aromatic rings. The predicted octanol–water partition coefficient (Wildman–Crippen LogP) is 13.8. The molecule has 0 aliphatic heterocycles. The third-order valence-electron chi connectivity index (χ3n) is 10.3. The van der Waals surface area contributed by atoms with Crippen LogP contribution in [0.5, 0.6) is 17.5 Å². The van der Waals surface area contributed by atoms with Gasteiger partial charge in [-0.2, -0.15) is 9.97 Å². The maximum absolute atomic E-state index is 11.2. The number of aromatic hydroxyl groups is 1. The summed E-state index contributed by atoms with van der Waals surface area (Å²) in [5, 5.41) is 15.8. The van der Waals surface area contributed by atoms with Crippen LogP contribution in [0.25, 0.3) is 44.3 Å². The number of nitrogens with zero attached hydrogens (tertiary/aromatic N) is 3. The van der Waals surface area contributed by atoms with Crippen LogP contribution in [-0.2, 0) is 0 Å². The van der Waals surface area contributed by atoms with Gasteiger partial charge in [-0.3, -0.25) is 0 Å². The van der Waals surface area contributed by atoms with E-state index in [1.54, 1.807) is 6.07 Å². The molecule has 1 heterocycles. The molecule has 6 nitrogen and oxygen atoms in total. The summed E-state index contributed by atoms with van der Waals surface area (Å²) < 4.78 is 12.2. The molecule has 0 amide bonds. The molecule has 1 N–H and O–H groups in total. The number of ether oxygens (including phenoxy) is 2. The standard InChI is InChI=1S/C47H63N3O3/c1-3-5-7-9-11-13-15-17-19-23-31-52-42-29-30-43(44(51)36-42)46-48-45(40-28-27-39-33-37-25-21-22-26-38(37)34-41(39)35-40)49-47(50-46)53-32-24-20-18-16-14-12-10-8-6-4-2/h21-22,25-30,33-36,51H,3-20,23-24,31-32H2,1-2H3.